The number of hydrogen-bond acceptors (Lipinski definition) is 5. The van der Waals surface area contributed by atoms with Gasteiger partial charge in [-0.05, 0) is 66.8 Å². The van der Waals surface area contributed by atoms with E-state index < -0.39 is 0 Å². The van der Waals surface area contributed by atoms with E-state index in [0.29, 0.717) is 24.4 Å². The van der Waals surface area contributed by atoms with Crippen molar-refractivity contribution in [1.82, 2.24) is 10.2 Å². The normalized spacial score (nSPS) is 13.5. The van der Waals surface area contributed by atoms with Gasteiger partial charge in [0.2, 0.25) is 0 Å². The standard InChI is InChI=1S/C23H21BrN4O3S/c24-17-4-1-3-16(15-17)21(29)26-23(32)25-18-6-8-19(9-7-18)27-10-12-28(13-11-27)22(30)20-5-2-14-31-20/h1-9,14-15H,10-13H2,(H2,25,26,29,32). The van der Waals surface area contributed by atoms with Crippen LogP contribution in [-0.2, 0) is 0 Å². The maximum absolute atomic E-state index is 12.4. The number of carbonyl (C=O) groups excluding carboxylic acids is 2. The minimum Gasteiger partial charge on any atom is -0.459 e. The lowest BCUT2D eigenvalue weighted by Crippen LogP contribution is -2.48. The molecule has 1 fully saturated rings. The van der Waals surface area contributed by atoms with Crippen molar-refractivity contribution in [3.63, 3.8) is 0 Å². The van der Waals surface area contributed by atoms with Gasteiger partial charge in [0.05, 0.1) is 6.26 Å². The molecule has 1 aromatic heterocycles. The van der Waals surface area contributed by atoms with E-state index in [2.05, 4.69) is 31.5 Å². The van der Waals surface area contributed by atoms with Crippen LogP contribution in [0.1, 0.15) is 20.9 Å². The van der Waals surface area contributed by atoms with Gasteiger partial charge in [-0.3, -0.25) is 14.9 Å². The van der Waals surface area contributed by atoms with Crippen molar-refractivity contribution < 1.29 is 14.0 Å². The summed E-state index contributed by atoms with van der Waals surface area (Å²) in [7, 11) is 0. The predicted molar refractivity (Wildman–Crippen MR) is 131 cm³/mol. The first-order chi connectivity index (χ1) is 15.5. The SMILES string of the molecule is O=C(NC(=S)Nc1ccc(N2CCN(C(=O)c3ccco3)CC2)cc1)c1cccc(Br)c1. The minimum atomic E-state index is -0.276. The van der Waals surface area contributed by atoms with Crippen molar-refractivity contribution in [3.05, 3.63) is 82.7 Å². The summed E-state index contributed by atoms with van der Waals surface area (Å²) in [5.74, 6) is 0.0202. The number of carbonyl (C=O) groups is 2. The summed E-state index contributed by atoms with van der Waals surface area (Å²) in [6.07, 6.45) is 1.51. The minimum absolute atomic E-state index is 0.0763. The largest absolute Gasteiger partial charge is 0.459 e. The van der Waals surface area contributed by atoms with Crippen molar-refractivity contribution in [2.75, 3.05) is 36.4 Å². The average Bonchev–Trinajstić information content (AvgIpc) is 3.34. The van der Waals surface area contributed by atoms with Crippen LogP contribution < -0.4 is 15.5 Å². The van der Waals surface area contributed by atoms with Gasteiger partial charge in [0.25, 0.3) is 11.8 Å². The monoisotopic (exact) mass is 512 g/mol. The lowest BCUT2D eigenvalue weighted by molar-refractivity contribution is 0.0714. The number of benzene rings is 2. The zero-order valence-electron chi connectivity index (χ0n) is 17.1. The summed E-state index contributed by atoms with van der Waals surface area (Å²) in [4.78, 5) is 28.7. The van der Waals surface area contributed by atoms with Gasteiger partial charge in [0.1, 0.15) is 0 Å². The molecule has 32 heavy (non-hydrogen) atoms. The van der Waals surface area contributed by atoms with Gasteiger partial charge in [-0.15, -0.1) is 0 Å². The van der Waals surface area contributed by atoms with E-state index in [1.54, 1.807) is 35.2 Å². The number of hydrogen-bond donors (Lipinski definition) is 2. The number of nitrogens with one attached hydrogen (secondary N) is 2. The van der Waals surface area contributed by atoms with E-state index >= 15 is 0 Å². The van der Waals surface area contributed by atoms with Crippen molar-refractivity contribution >= 4 is 56.4 Å². The van der Waals surface area contributed by atoms with Crippen LogP contribution in [0.4, 0.5) is 11.4 Å². The Morgan fingerprint density at radius 2 is 1.72 bits per heavy atom. The zero-order valence-corrected chi connectivity index (χ0v) is 19.5. The fourth-order valence-corrected chi connectivity index (χ4v) is 4.06. The maximum atomic E-state index is 12.4. The second kappa shape index (κ2) is 9.97. The highest BCUT2D eigenvalue weighted by Crippen LogP contribution is 2.20. The molecule has 1 aliphatic heterocycles. The number of thiocarbonyl (C=S) groups is 1. The second-order valence-electron chi connectivity index (χ2n) is 7.22. The fraction of sp³-hybridized carbons (Fsp3) is 0.174. The highest BCUT2D eigenvalue weighted by Gasteiger charge is 2.23. The van der Waals surface area contributed by atoms with Crippen LogP contribution in [0.25, 0.3) is 0 Å². The molecule has 7 nitrogen and oxygen atoms in total. The third-order valence-electron chi connectivity index (χ3n) is 5.10. The molecular weight excluding hydrogens is 492 g/mol. The maximum Gasteiger partial charge on any atom is 0.289 e. The number of nitrogens with zero attached hydrogens (tertiary/aromatic N) is 2. The quantitative estimate of drug-likeness (QED) is 0.511. The number of piperazine rings is 1. The van der Waals surface area contributed by atoms with Gasteiger partial charge >= 0.3 is 0 Å². The summed E-state index contributed by atoms with van der Waals surface area (Å²) in [6.45, 7) is 2.73. The first-order valence-electron chi connectivity index (χ1n) is 10.1. The molecule has 2 heterocycles. The Morgan fingerprint density at radius 3 is 2.38 bits per heavy atom. The first-order valence-corrected chi connectivity index (χ1v) is 11.3. The Hall–Kier alpha value is -3.17. The first kappa shape index (κ1) is 22.0. The van der Waals surface area contributed by atoms with Crippen molar-refractivity contribution in [1.29, 1.82) is 0 Å². The van der Waals surface area contributed by atoms with Gasteiger partial charge < -0.3 is 19.5 Å². The summed E-state index contributed by atoms with van der Waals surface area (Å²) in [5.41, 5.74) is 2.35. The molecule has 0 saturated carbocycles. The number of furan rings is 1. The molecule has 4 rings (SSSR count). The van der Waals surface area contributed by atoms with Gasteiger partial charge in [0.15, 0.2) is 10.9 Å². The Balaban J connectivity index is 1.28. The Bertz CT molecular complexity index is 1110. The molecule has 9 heteroatoms. The lowest BCUT2D eigenvalue weighted by Gasteiger charge is -2.35. The summed E-state index contributed by atoms with van der Waals surface area (Å²) in [6, 6.07) is 18.3. The topological polar surface area (TPSA) is 77.8 Å². The number of halogens is 1. The Labute approximate surface area is 199 Å². The molecule has 1 aliphatic rings. The van der Waals surface area contributed by atoms with E-state index in [0.717, 1.165) is 28.9 Å². The smallest absolute Gasteiger partial charge is 0.289 e. The summed E-state index contributed by atoms with van der Waals surface area (Å²) < 4.78 is 6.03. The van der Waals surface area contributed by atoms with E-state index in [-0.39, 0.29) is 16.9 Å². The van der Waals surface area contributed by atoms with Crippen LogP contribution in [-0.4, -0.2) is 48.0 Å². The summed E-state index contributed by atoms with van der Waals surface area (Å²) in [5, 5.41) is 5.94. The van der Waals surface area contributed by atoms with Crippen molar-refractivity contribution in [3.8, 4) is 0 Å². The van der Waals surface area contributed by atoms with Crippen LogP contribution in [0.5, 0.6) is 0 Å². The average molecular weight is 513 g/mol. The van der Waals surface area contributed by atoms with Crippen LogP contribution >= 0.6 is 28.1 Å². The Morgan fingerprint density at radius 1 is 0.969 bits per heavy atom. The van der Waals surface area contributed by atoms with Gasteiger partial charge in [0, 0.05) is 47.6 Å². The molecular formula is C23H21BrN4O3S. The third-order valence-corrected chi connectivity index (χ3v) is 5.80. The highest BCUT2D eigenvalue weighted by atomic mass is 79.9. The molecule has 0 spiro atoms. The lowest BCUT2D eigenvalue weighted by atomic mass is 10.2. The number of rotatable bonds is 4. The van der Waals surface area contributed by atoms with E-state index in [4.69, 9.17) is 16.6 Å². The fourth-order valence-electron chi connectivity index (χ4n) is 3.45. The molecule has 0 unspecified atom stereocenters. The molecule has 2 N–H and O–H groups in total. The predicted octanol–water partition coefficient (Wildman–Crippen LogP) is 4.13. The summed E-state index contributed by atoms with van der Waals surface area (Å²) >= 11 is 8.62. The van der Waals surface area contributed by atoms with Gasteiger partial charge in [-0.25, -0.2) is 0 Å². The molecule has 1 saturated heterocycles. The molecule has 3 aromatic rings. The van der Waals surface area contributed by atoms with E-state index in [9.17, 15) is 9.59 Å². The van der Waals surface area contributed by atoms with Crippen LogP contribution in [0, 0.1) is 0 Å². The Kier molecular flexibility index (Phi) is 6.87. The van der Waals surface area contributed by atoms with Crippen molar-refractivity contribution in [2.24, 2.45) is 0 Å². The van der Waals surface area contributed by atoms with Crippen LogP contribution in [0.3, 0.4) is 0 Å². The molecule has 164 valence electrons. The third kappa shape index (κ3) is 5.35. The molecule has 2 amide bonds. The molecule has 0 atom stereocenters. The van der Waals surface area contributed by atoms with Crippen LogP contribution in [0.2, 0.25) is 0 Å². The van der Waals surface area contributed by atoms with E-state index in [1.165, 1.54) is 6.26 Å². The number of amides is 2. The van der Waals surface area contributed by atoms with Gasteiger partial charge in [-0.2, -0.15) is 0 Å². The molecule has 2 aromatic carbocycles. The van der Waals surface area contributed by atoms with Crippen molar-refractivity contribution in [2.45, 2.75) is 0 Å². The van der Waals surface area contributed by atoms with E-state index in [1.807, 2.05) is 30.3 Å². The van der Waals surface area contributed by atoms with Crippen LogP contribution in [0.15, 0.2) is 75.8 Å². The second-order valence-corrected chi connectivity index (χ2v) is 8.55. The molecule has 0 aliphatic carbocycles. The highest BCUT2D eigenvalue weighted by molar-refractivity contribution is 9.10. The number of anilines is 2. The molecule has 0 radical (unpaired) electrons. The van der Waals surface area contributed by atoms with Gasteiger partial charge in [-0.1, -0.05) is 22.0 Å². The zero-order chi connectivity index (χ0) is 22.5. The molecule has 0 bridgehead atoms.